The highest BCUT2D eigenvalue weighted by atomic mass is 19.4. The van der Waals surface area contributed by atoms with E-state index in [0.717, 1.165) is 17.0 Å². The van der Waals surface area contributed by atoms with Crippen molar-refractivity contribution in [2.45, 2.75) is 44.9 Å². The van der Waals surface area contributed by atoms with Crippen LogP contribution in [0.3, 0.4) is 0 Å². The molecule has 1 aromatic carbocycles. The van der Waals surface area contributed by atoms with Crippen LogP contribution in [0.4, 0.5) is 29.1 Å². The molecule has 12 heteroatoms. The maximum atomic E-state index is 13.6. The molecule has 2 atom stereocenters. The molecule has 0 spiro atoms. The number of nitrogens with two attached hydrogens (primary N) is 1. The third-order valence-corrected chi connectivity index (χ3v) is 6.87. The average Bonchev–Trinajstić information content (AvgIpc) is 3.63. The molecule has 2 aromatic rings. The second-order valence-corrected chi connectivity index (χ2v) is 9.19. The molecule has 2 heterocycles. The minimum atomic E-state index is -4.69. The van der Waals surface area contributed by atoms with Crippen molar-refractivity contribution in [1.82, 2.24) is 14.8 Å². The average molecular weight is 507 g/mol. The van der Waals surface area contributed by atoms with E-state index in [0.29, 0.717) is 11.1 Å². The topological polar surface area (TPSA) is 109 Å². The molecule has 3 amide bonds. The summed E-state index contributed by atoms with van der Waals surface area (Å²) in [6.07, 6.45) is -3.98. The van der Waals surface area contributed by atoms with E-state index in [1.807, 2.05) is 0 Å². The number of anilines is 2. The van der Waals surface area contributed by atoms with Gasteiger partial charge >= 0.3 is 18.0 Å². The molecule has 8 nitrogen and oxygen atoms in total. The molecule has 192 valence electrons. The number of benzene rings is 1. The Morgan fingerprint density at radius 3 is 2.28 bits per heavy atom. The van der Waals surface area contributed by atoms with E-state index in [-0.39, 0.29) is 37.4 Å². The molecule has 3 N–H and O–H groups in total. The van der Waals surface area contributed by atoms with Crippen molar-refractivity contribution in [3.8, 4) is 0 Å². The van der Waals surface area contributed by atoms with Gasteiger partial charge in [0, 0.05) is 13.1 Å². The van der Waals surface area contributed by atoms with E-state index >= 15 is 0 Å². The Morgan fingerprint density at radius 2 is 1.72 bits per heavy atom. The molecule has 4 rings (SSSR count). The fourth-order valence-electron chi connectivity index (χ4n) is 4.61. The highest BCUT2D eigenvalue weighted by Gasteiger charge is 2.70. The molecule has 1 aliphatic heterocycles. The lowest BCUT2D eigenvalue weighted by Crippen LogP contribution is -2.60. The summed E-state index contributed by atoms with van der Waals surface area (Å²) in [6, 6.07) is 4.71. The zero-order chi connectivity index (χ0) is 26.4. The smallest absolute Gasteiger partial charge is 0.383 e. The summed E-state index contributed by atoms with van der Waals surface area (Å²) in [5, 5.41) is 2.45. The standard InChI is InChI=1S/C24H25F4N5O3/c1-13-11-17(12-30-19(13)29)31-20(34)21(35)33-10-9-32(22(36)23(7-8-23)24(26,27)28)14(2)18(33)15-3-5-16(25)6-4-15/h3-6,11-12,14,18H,7-10H2,1-2H3,(H2,29,30)(H,31,34). The predicted molar refractivity (Wildman–Crippen MR) is 122 cm³/mol. The first-order valence-corrected chi connectivity index (χ1v) is 11.3. The molecular weight excluding hydrogens is 482 g/mol. The van der Waals surface area contributed by atoms with Crippen molar-refractivity contribution in [3.63, 3.8) is 0 Å². The molecule has 1 aliphatic carbocycles. The number of hydrogen-bond acceptors (Lipinski definition) is 5. The predicted octanol–water partition coefficient (Wildman–Crippen LogP) is 3.19. The largest absolute Gasteiger partial charge is 0.403 e. The molecule has 2 unspecified atom stereocenters. The molecule has 0 radical (unpaired) electrons. The lowest BCUT2D eigenvalue weighted by atomic mass is 9.92. The number of halogens is 4. The van der Waals surface area contributed by atoms with Gasteiger partial charge in [0.1, 0.15) is 17.1 Å². The number of hydrogen-bond donors (Lipinski definition) is 2. The fourth-order valence-corrected chi connectivity index (χ4v) is 4.61. The Kier molecular flexibility index (Phi) is 6.40. The lowest BCUT2D eigenvalue weighted by molar-refractivity contribution is -0.202. The maximum Gasteiger partial charge on any atom is 0.403 e. The molecule has 2 fully saturated rings. The number of aromatic nitrogens is 1. The number of amides is 3. The first kappa shape index (κ1) is 25.4. The minimum absolute atomic E-state index is 0.183. The van der Waals surface area contributed by atoms with Gasteiger partial charge in [0.25, 0.3) is 0 Å². The van der Waals surface area contributed by atoms with Crippen LogP contribution in [-0.2, 0) is 14.4 Å². The van der Waals surface area contributed by atoms with Gasteiger partial charge in [0.05, 0.1) is 24.0 Å². The molecule has 1 saturated heterocycles. The fraction of sp³-hybridized carbons (Fsp3) is 0.417. The number of carbonyl (C=O) groups is 3. The third kappa shape index (κ3) is 4.47. The van der Waals surface area contributed by atoms with Crippen LogP contribution in [0.5, 0.6) is 0 Å². The maximum absolute atomic E-state index is 13.6. The van der Waals surface area contributed by atoms with Crippen LogP contribution in [0.25, 0.3) is 0 Å². The normalized spacial score (nSPS) is 21.2. The van der Waals surface area contributed by atoms with Gasteiger partial charge in [0.15, 0.2) is 0 Å². The van der Waals surface area contributed by atoms with Crippen molar-refractivity contribution >= 4 is 29.2 Å². The van der Waals surface area contributed by atoms with Crippen molar-refractivity contribution in [2.75, 3.05) is 24.1 Å². The zero-order valence-electron chi connectivity index (χ0n) is 19.6. The number of nitrogens with zero attached hydrogens (tertiary/aromatic N) is 3. The molecular formula is C24H25F4N5O3. The number of nitrogens with one attached hydrogen (secondary N) is 1. The molecule has 1 aromatic heterocycles. The summed E-state index contributed by atoms with van der Waals surface area (Å²) < 4.78 is 54.5. The summed E-state index contributed by atoms with van der Waals surface area (Å²) in [5.41, 5.74) is 4.46. The van der Waals surface area contributed by atoms with Crippen LogP contribution in [0.1, 0.15) is 36.9 Å². The van der Waals surface area contributed by atoms with E-state index in [1.165, 1.54) is 36.2 Å². The molecule has 1 saturated carbocycles. The van der Waals surface area contributed by atoms with Crippen molar-refractivity contribution in [2.24, 2.45) is 5.41 Å². The van der Waals surface area contributed by atoms with Crippen molar-refractivity contribution in [3.05, 3.63) is 53.5 Å². The lowest BCUT2D eigenvalue weighted by Gasteiger charge is -2.47. The van der Waals surface area contributed by atoms with Crippen LogP contribution in [0.15, 0.2) is 36.5 Å². The van der Waals surface area contributed by atoms with E-state index in [1.54, 1.807) is 6.92 Å². The van der Waals surface area contributed by atoms with Crippen molar-refractivity contribution < 1.29 is 31.9 Å². The van der Waals surface area contributed by atoms with Gasteiger partial charge in [-0.15, -0.1) is 0 Å². The number of piperazine rings is 1. The minimum Gasteiger partial charge on any atom is -0.383 e. The number of carbonyl (C=O) groups excluding carboxylic acids is 3. The Morgan fingerprint density at radius 1 is 1.11 bits per heavy atom. The van der Waals surface area contributed by atoms with Gasteiger partial charge in [-0.25, -0.2) is 9.37 Å². The van der Waals surface area contributed by atoms with Gasteiger partial charge in [-0.1, -0.05) is 12.1 Å². The van der Waals surface area contributed by atoms with Gasteiger partial charge in [0.2, 0.25) is 5.91 Å². The Hall–Kier alpha value is -3.70. The number of aryl methyl sites for hydroxylation is 1. The quantitative estimate of drug-likeness (QED) is 0.490. The summed E-state index contributed by atoms with van der Waals surface area (Å²) in [7, 11) is 0. The monoisotopic (exact) mass is 507 g/mol. The van der Waals surface area contributed by atoms with Crippen molar-refractivity contribution in [1.29, 1.82) is 0 Å². The molecule has 36 heavy (non-hydrogen) atoms. The Balaban J connectivity index is 1.62. The zero-order valence-corrected chi connectivity index (χ0v) is 19.6. The van der Waals surface area contributed by atoms with Gasteiger partial charge in [-0.2, -0.15) is 13.2 Å². The van der Waals surface area contributed by atoms with E-state index in [4.69, 9.17) is 5.73 Å². The third-order valence-electron chi connectivity index (χ3n) is 6.87. The van der Waals surface area contributed by atoms with Crippen LogP contribution in [0.2, 0.25) is 0 Å². The first-order valence-electron chi connectivity index (χ1n) is 11.3. The number of rotatable bonds is 3. The summed E-state index contributed by atoms with van der Waals surface area (Å²) >= 11 is 0. The van der Waals surface area contributed by atoms with Gasteiger partial charge in [-0.3, -0.25) is 14.4 Å². The molecule has 0 bridgehead atoms. The number of pyridine rings is 1. The summed E-state index contributed by atoms with van der Waals surface area (Å²) in [6.45, 7) is 2.83. The second-order valence-electron chi connectivity index (χ2n) is 9.19. The van der Waals surface area contributed by atoms with E-state index < -0.39 is 47.2 Å². The van der Waals surface area contributed by atoms with Gasteiger partial charge < -0.3 is 20.9 Å². The van der Waals surface area contributed by atoms with Crippen LogP contribution >= 0.6 is 0 Å². The highest BCUT2D eigenvalue weighted by molar-refractivity contribution is 6.39. The number of alkyl halides is 3. The number of nitrogen functional groups attached to an aromatic ring is 1. The van der Waals surface area contributed by atoms with E-state index in [2.05, 4.69) is 10.3 Å². The van der Waals surface area contributed by atoms with Crippen LogP contribution in [-0.4, -0.2) is 57.8 Å². The van der Waals surface area contributed by atoms with Crippen LogP contribution < -0.4 is 11.1 Å². The Bertz CT molecular complexity index is 1200. The Labute approximate surface area is 204 Å². The van der Waals surface area contributed by atoms with E-state index in [9.17, 15) is 31.9 Å². The second kappa shape index (κ2) is 9.07. The SMILES string of the molecule is Cc1cc(NC(=O)C(=O)N2CCN(C(=O)C3(C(F)(F)F)CC3)C(C)C2c2ccc(F)cc2)cnc1N. The van der Waals surface area contributed by atoms with Gasteiger partial charge in [-0.05, 0) is 56.0 Å². The molecule has 2 aliphatic rings. The van der Waals surface area contributed by atoms with Crippen LogP contribution in [0, 0.1) is 18.2 Å². The summed E-state index contributed by atoms with van der Waals surface area (Å²) in [5.74, 6) is -3.28. The first-order chi connectivity index (χ1) is 16.9. The highest BCUT2D eigenvalue weighted by Crippen LogP contribution is 2.59. The summed E-state index contributed by atoms with van der Waals surface area (Å²) in [4.78, 5) is 45.3.